The molecule has 0 radical (unpaired) electrons. The average Bonchev–Trinajstić information content (AvgIpc) is 3.14. The zero-order valence-corrected chi connectivity index (χ0v) is 23.6. The fraction of sp³-hybridized carbons (Fsp3) is 0.345. The highest BCUT2D eigenvalue weighted by Crippen LogP contribution is 2.28. The number of esters is 1. The quantitative estimate of drug-likeness (QED) is 0.436. The van der Waals surface area contributed by atoms with Crippen molar-refractivity contribution in [1.82, 2.24) is 18.9 Å². The Kier molecular flexibility index (Phi) is 8.44. The van der Waals surface area contributed by atoms with Crippen LogP contribution in [0, 0.1) is 5.82 Å². The molecule has 0 unspecified atom stereocenters. The van der Waals surface area contributed by atoms with Crippen LogP contribution in [0.2, 0.25) is 5.02 Å². The highest BCUT2D eigenvalue weighted by atomic mass is 35.5. The average molecular weight is 598 g/mol. The van der Waals surface area contributed by atoms with Gasteiger partial charge in [-0.05, 0) is 37.0 Å². The maximum absolute atomic E-state index is 14.2. The van der Waals surface area contributed by atoms with Crippen LogP contribution in [0.25, 0.3) is 11.1 Å². The van der Waals surface area contributed by atoms with Crippen LogP contribution in [0.4, 0.5) is 14.9 Å². The van der Waals surface area contributed by atoms with Gasteiger partial charge in [-0.3, -0.25) is 19.0 Å². The molecule has 1 fully saturated rings. The number of urea groups is 1. The minimum atomic E-state index is -0.874. The number of amides is 3. The Morgan fingerprint density at radius 2 is 1.76 bits per heavy atom. The van der Waals surface area contributed by atoms with Crippen molar-refractivity contribution in [3.63, 3.8) is 0 Å². The van der Waals surface area contributed by atoms with Crippen molar-refractivity contribution in [3.8, 4) is 11.1 Å². The molecule has 2 aliphatic heterocycles. The second-order valence-electron chi connectivity index (χ2n) is 10.2. The van der Waals surface area contributed by atoms with Crippen molar-refractivity contribution in [2.45, 2.75) is 45.5 Å². The largest absolute Gasteiger partial charge is 0.444 e. The molecule has 0 spiro atoms. The molecule has 3 aromatic rings. The molecule has 11 nitrogen and oxygen atoms in total. The number of nitrogens with one attached hydrogen (secondary N) is 1. The number of halogens is 2. The number of benzene rings is 2. The van der Waals surface area contributed by atoms with Gasteiger partial charge in [-0.15, -0.1) is 0 Å². The van der Waals surface area contributed by atoms with Crippen molar-refractivity contribution in [2.75, 3.05) is 25.0 Å². The van der Waals surface area contributed by atoms with E-state index in [9.17, 15) is 28.4 Å². The number of fused-ring (bicyclic) bond motifs is 1. The molecule has 1 saturated heterocycles. The third-order valence-corrected chi connectivity index (χ3v) is 7.97. The first-order valence-electron chi connectivity index (χ1n) is 13.5. The standard InChI is InChI=1S/C29H29ClFN5O6/c1-18(37)42-17-36-27(39)22(21-6-4-7-23(31)26(21)30)15-34(29(36)41)16-25(38)33-12-10-20(11-13-33)35-14-9-19-5-2-3-8-24(19)32-28(35)40/h2-8,15,20H,9-14,16-17H2,1H3,(H,32,40). The predicted molar refractivity (Wildman–Crippen MR) is 153 cm³/mol. The van der Waals surface area contributed by atoms with Crippen LogP contribution in [0.1, 0.15) is 25.3 Å². The number of carbonyl (C=O) groups excluding carboxylic acids is 3. The van der Waals surface area contributed by atoms with Crippen LogP contribution in [-0.4, -0.2) is 62.5 Å². The number of ether oxygens (including phenoxy) is 1. The Morgan fingerprint density at radius 3 is 2.50 bits per heavy atom. The number of aromatic nitrogens is 2. The first-order valence-corrected chi connectivity index (χ1v) is 13.9. The number of nitrogens with zero attached hydrogens (tertiary/aromatic N) is 4. The molecule has 0 atom stereocenters. The van der Waals surface area contributed by atoms with Crippen LogP contribution in [0.3, 0.4) is 0 Å². The molecule has 2 aromatic carbocycles. The van der Waals surface area contributed by atoms with Crippen molar-refractivity contribution in [1.29, 1.82) is 0 Å². The first-order chi connectivity index (χ1) is 20.1. The number of likely N-dealkylation sites (tertiary alicyclic amines) is 1. The summed E-state index contributed by atoms with van der Waals surface area (Å²) in [6, 6.07) is 11.4. The van der Waals surface area contributed by atoms with Gasteiger partial charge in [0.05, 0.1) is 10.6 Å². The molecule has 13 heteroatoms. The Hall–Kier alpha value is -4.45. The SMILES string of the molecule is CC(=O)OCn1c(=O)c(-c2cccc(F)c2Cl)cn(CC(=O)N2CCC(N3CCc4ccccc4NC3=O)CC2)c1=O. The van der Waals surface area contributed by atoms with E-state index in [1.807, 2.05) is 29.2 Å². The first kappa shape index (κ1) is 29.1. The topological polar surface area (TPSA) is 123 Å². The van der Waals surface area contributed by atoms with Gasteiger partial charge in [0.15, 0.2) is 6.73 Å². The summed E-state index contributed by atoms with van der Waals surface area (Å²) in [6.45, 7) is 1.32. The molecule has 5 rings (SSSR count). The smallest absolute Gasteiger partial charge is 0.334 e. The van der Waals surface area contributed by atoms with E-state index >= 15 is 0 Å². The van der Waals surface area contributed by atoms with Gasteiger partial charge in [0.1, 0.15) is 12.4 Å². The third-order valence-electron chi connectivity index (χ3n) is 7.58. The van der Waals surface area contributed by atoms with Gasteiger partial charge in [0, 0.05) is 50.0 Å². The number of para-hydroxylation sites is 1. The molecular weight excluding hydrogens is 569 g/mol. The fourth-order valence-electron chi connectivity index (χ4n) is 5.34. The van der Waals surface area contributed by atoms with Crippen molar-refractivity contribution in [3.05, 3.63) is 85.9 Å². The number of hydrogen-bond donors (Lipinski definition) is 1. The molecule has 220 valence electrons. The van der Waals surface area contributed by atoms with E-state index in [0.29, 0.717) is 37.0 Å². The van der Waals surface area contributed by atoms with Gasteiger partial charge >= 0.3 is 17.7 Å². The zero-order valence-electron chi connectivity index (χ0n) is 22.8. The second-order valence-corrected chi connectivity index (χ2v) is 10.6. The molecule has 1 N–H and O–H groups in total. The van der Waals surface area contributed by atoms with Gasteiger partial charge in [-0.25, -0.2) is 18.5 Å². The van der Waals surface area contributed by atoms with E-state index in [-0.39, 0.29) is 34.1 Å². The third kappa shape index (κ3) is 5.94. The van der Waals surface area contributed by atoms with E-state index in [4.69, 9.17) is 16.3 Å². The Bertz CT molecular complexity index is 1660. The molecule has 0 saturated carbocycles. The molecule has 1 aromatic heterocycles. The lowest BCUT2D eigenvalue weighted by Crippen LogP contribution is -2.51. The molecule has 2 aliphatic rings. The van der Waals surface area contributed by atoms with E-state index in [1.165, 1.54) is 18.3 Å². The van der Waals surface area contributed by atoms with Crippen LogP contribution in [0.15, 0.2) is 58.3 Å². The lowest BCUT2D eigenvalue weighted by Gasteiger charge is -2.38. The minimum absolute atomic E-state index is 0.0260. The Labute approximate surface area is 245 Å². The summed E-state index contributed by atoms with van der Waals surface area (Å²) in [5, 5.41) is 2.65. The number of hydrogen-bond acceptors (Lipinski definition) is 6. The second kappa shape index (κ2) is 12.2. The summed E-state index contributed by atoms with van der Waals surface area (Å²) in [5.74, 6) is -1.86. The van der Waals surface area contributed by atoms with Crippen LogP contribution < -0.4 is 16.6 Å². The van der Waals surface area contributed by atoms with Gasteiger partial charge in [-0.2, -0.15) is 0 Å². The lowest BCUT2D eigenvalue weighted by molar-refractivity contribution is -0.145. The predicted octanol–water partition coefficient (Wildman–Crippen LogP) is 3.07. The maximum atomic E-state index is 14.2. The van der Waals surface area contributed by atoms with Gasteiger partial charge in [0.2, 0.25) is 5.91 Å². The lowest BCUT2D eigenvalue weighted by atomic mass is 10.0. The van der Waals surface area contributed by atoms with E-state index in [2.05, 4.69) is 5.32 Å². The summed E-state index contributed by atoms with van der Waals surface area (Å²) in [5.41, 5.74) is 0.0408. The van der Waals surface area contributed by atoms with E-state index < -0.39 is 36.3 Å². The molecular formula is C29H29ClFN5O6. The summed E-state index contributed by atoms with van der Waals surface area (Å²) < 4.78 is 20.8. The minimum Gasteiger partial charge on any atom is -0.444 e. The maximum Gasteiger partial charge on any atom is 0.334 e. The summed E-state index contributed by atoms with van der Waals surface area (Å²) in [4.78, 5) is 67.4. The van der Waals surface area contributed by atoms with Crippen molar-refractivity contribution >= 4 is 35.2 Å². The van der Waals surface area contributed by atoms with Gasteiger partial charge in [-0.1, -0.05) is 41.9 Å². The fourth-order valence-corrected chi connectivity index (χ4v) is 5.57. The number of rotatable bonds is 6. The molecule has 42 heavy (non-hydrogen) atoms. The summed E-state index contributed by atoms with van der Waals surface area (Å²) in [7, 11) is 0. The van der Waals surface area contributed by atoms with Crippen LogP contribution >= 0.6 is 11.6 Å². The van der Waals surface area contributed by atoms with Gasteiger partial charge in [0.25, 0.3) is 5.56 Å². The van der Waals surface area contributed by atoms with Crippen LogP contribution in [0.5, 0.6) is 0 Å². The van der Waals surface area contributed by atoms with Crippen molar-refractivity contribution < 1.29 is 23.5 Å². The van der Waals surface area contributed by atoms with Crippen molar-refractivity contribution in [2.24, 2.45) is 0 Å². The highest BCUT2D eigenvalue weighted by molar-refractivity contribution is 6.33. The normalized spacial score (nSPS) is 15.5. The van der Waals surface area contributed by atoms with E-state index in [0.717, 1.165) is 35.2 Å². The molecule has 3 heterocycles. The van der Waals surface area contributed by atoms with E-state index in [1.54, 1.807) is 4.90 Å². The van der Waals surface area contributed by atoms with Crippen LogP contribution in [-0.2, 0) is 34.0 Å². The number of piperidine rings is 1. The Morgan fingerprint density at radius 1 is 1.02 bits per heavy atom. The summed E-state index contributed by atoms with van der Waals surface area (Å²) >= 11 is 6.12. The molecule has 3 amide bonds. The molecule has 0 bridgehead atoms. The van der Waals surface area contributed by atoms with Gasteiger partial charge < -0.3 is 19.9 Å². The molecule has 0 aliphatic carbocycles. The monoisotopic (exact) mass is 597 g/mol. The zero-order chi connectivity index (χ0) is 30.0. The number of carbonyl (C=O) groups is 3. The summed E-state index contributed by atoms with van der Waals surface area (Å²) in [6.07, 6.45) is 3.00. The highest BCUT2D eigenvalue weighted by Gasteiger charge is 2.31. The Balaban J connectivity index is 1.33. The number of anilines is 1.